The van der Waals surface area contributed by atoms with Crippen molar-refractivity contribution in [2.24, 2.45) is 5.92 Å². The molecule has 140 valence electrons. The highest BCUT2D eigenvalue weighted by molar-refractivity contribution is 9.10. The number of nitrogens with one attached hydrogen (secondary N) is 1. The molecule has 6 nitrogen and oxygen atoms in total. The topological polar surface area (TPSA) is 67.9 Å². The van der Waals surface area contributed by atoms with Crippen molar-refractivity contribution in [1.82, 2.24) is 5.32 Å². The summed E-state index contributed by atoms with van der Waals surface area (Å²) in [5, 5.41) is 2.77. The van der Waals surface area contributed by atoms with Gasteiger partial charge in [-0.25, -0.2) is 4.39 Å². The van der Waals surface area contributed by atoms with Crippen molar-refractivity contribution in [3.63, 3.8) is 0 Å². The molecule has 27 heavy (non-hydrogen) atoms. The number of rotatable bonds is 4. The summed E-state index contributed by atoms with van der Waals surface area (Å²) in [5.74, 6) is -0.767. The number of carbonyl (C=O) groups is 2. The lowest BCUT2D eigenvalue weighted by Gasteiger charge is -2.17. The van der Waals surface area contributed by atoms with Crippen LogP contribution in [-0.2, 0) is 16.1 Å². The molecular weight excluding hydrogens is 419 g/mol. The van der Waals surface area contributed by atoms with E-state index in [4.69, 9.17) is 9.47 Å². The van der Waals surface area contributed by atoms with Gasteiger partial charge in [-0.3, -0.25) is 9.59 Å². The molecule has 1 atom stereocenters. The zero-order chi connectivity index (χ0) is 19.0. The molecule has 0 aliphatic carbocycles. The Hall–Kier alpha value is -2.61. The third kappa shape index (κ3) is 3.49. The molecule has 2 amide bonds. The molecule has 1 N–H and O–H groups in total. The van der Waals surface area contributed by atoms with E-state index < -0.39 is 11.7 Å². The maximum absolute atomic E-state index is 14.1. The van der Waals surface area contributed by atoms with Crippen LogP contribution in [0.3, 0.4) is 0 Å². The fraction of sp³-hybridized carbons (Fsp3) is 0.263. The Morgan fingerprint density at radius 1 is 1.22 bits per heavy atom. The van der Waals surface area contributed by atoms with Crippen molar-refractivity contribution in [3.8, 4) is 11.5 Å². The molecule has 0 saturated carbocycles. The van der Waals surface area contributed by atoms with Crippen LogP contribution in [0.5, 0.6) is 11.5 Å². The van der Waals surface area contributed by atoms with Crippen molar-refractivity contribution in [1.29, 1.82) is 0 Å². The second kappa shape index (κ2) is 7.19. The van der Waals surface area contributed by atoms with Crippen molar-refractivity contribution in [2.45, 2.75) is 13.0 Å². The molecule has 0 radical (unpaired) electrons. The van der Waals surface area contributed by atoms with Gasteiger partial charge in [0.25, 0.3) is 0 Å². The highest BCUT2D eigenvalue weighted by Crippen LogP contribution is 2.33. The molecule has 0 bridgehead atoms. The van der Waals surface area contributed by atoms with E-state index in [9.17, 15) is 14.0 Å². The highest BCUT2D eigenvalue weighted by Gasteiger charge is 2.38. The number of fused-ring (bicyclic) bond motifs is 1. The van der Waals surface area contributed by atoms with Crippen LogP contribution in [0.15, 0.2) is 40.9 Å². The van der Waals surface area contributed by atoms with E-state index in [-0.39, 0.29) is 30.8 Å². The van der Waals surface area contributed by atoms with Gasteiger partial charge in [0, 0.05) is 17.6 Å². The van der Waals surface area contributed by atoms with Crippen LogP contribution >= 0.6 is 15.9 Å². The summed E-state index contributed by atoms with van der Waals surface area (Å²) in [6.07, 6.45) is 0.349. The van der Waals surface area contributed by atoms with Gasteiger partial charge in [-0.05, 0) is 42.3 Å². The number of nitrogens with zero attached hydrogens (tertiary/aromatic N) is 1. The first-order valence-electron chi connectivity index (χ1n) is 8.45. The standard InChI is InChI=1S/C19H16BrFN2O4/c20-12-2-3-15(14(21)8-12)23-6-5-13(19(23)25)18(24)22-9-11-1-4-16-17(7-11)27-10-26-16/h1-4,7-8,13H,5-6,9-10H2,(H,22,24)/t13-/m1/s1. The smallest absolute Gasteiger partial charge is 0.239 e. The van der Waals surface area contributed by atoms with Gasteiger partial charge in [0.1, 0.15) is 11.7 Å². The van der Waals surface area contributed by atoms with Crippen LogP contribution in [0.25, 0.3) is 0 Å². The van der Waals surface area contributed by atoms with Crippen LogP contribution in [0.1, 0.15) is 12.0 Å². The van der Waals surface area contributed by atoms with Gasteiger partial charge >= 0.3 is 0 Å². The lowest BCUT2D eigenvalue weighted by atomic mass is 10.1. The van der Waals surface area contributed by atoms with E-state index in [1.807, 2.05) is 6.07 Å². The monoisotopic (exact) mass is 434 g/mol. The number of anilines is 1. The summed E-state index contributed by atoms with van der Waals surface area (Å²) in [6, 6.07) is 9.90. The summed E-state index contributed by atoms with van der Waals surface area (Å²) < 4.78 is 25.3. The van der Waals surface area contributed by atoms with Gasteiger partial charge < -0.3 is 19.7 Å². The third-order valence-corrected chi connectivity index (χ3v) is 5.12. The first kappa shape index (κ1) is 17.8. The van der Waals surface area contributed by atoms with E-state index in [0.29, 0.717) is 28.9 Å². The fourth-order valence-corrected chi connectivity index (χ4v) is 3.56. The Morgan fingerprint density at radius 2 is 2.04 bits per heavy atom. The highest BCUT2D eigenvalue weighted by atomic mass is 79.9. The second-order valence-corrected chi connectivity index (χ2v) is 7.25. The summed E-state index contributed by atoms with van der Waals surface area (Å²) in [4.78, 5) is 26.4. The SMILES string of the molecule is O=C(NCc1ccc2c(c1)OCO2)[C@H]1CCN(c2ccc(Br)cc2F)C1=O. The van der Waals surface area contributed by atoms with E-state index in [1.165, 1.54) is 17.0 Å². The van der Waals surface area contributed by atoms with Gasteiger partial charge in [0.05, 0.1) is 5.69 Å². The predicted molar refractivity (Wildman–Crippen MR) is 99.0 cm³/mol. The molecular formula is C19H16BrFN2O4. The molecule has 2 aromatic rings. The van der Waals surface area contributed by atoms with E-state index in [1.54, 1.807) is 18.2 Å². The minimum atomic E-state index is -0.818. The van der Waals surface area contributed by atoms with Crippen LogP contribution in [-0.4, -0.2) is 25.2 Å². The fourth-order valence-electron chi connectivity index (χ4n) is 3.23. The summed E-state index contributed by atoms with van der Waals surface area (Å²) in [7, 11) is 0. The molecule has 4 rings (SSSR count). The molecule has 1 saturated heterocycles. The van der Waals surface area contributed by atoms with Crippen molar-refractivity contribution < 1.29 is 23.5 Å². The zero-order valence-corrected chi connectivity index (χ0v) is 15.8. The Kier molecular flexibility index (Phi) is 4.73. The average molecular weight is 435 g/mol. The van der Waals surface area contributed by atoms with Gasteiger partial charge in [-0.15, -0.1) is 0 Å². The van der Waals surface area contributed by atoms with Crippen molar-refractivity contribution >= 4 is 33.4 Å². The molecule has 8 heteroatoms. The quantitative estimate of drug-likeness (QED) is 0.751. The zero-order valence-electron chi connectivity index (χ0n) is 14.2. The molecule has 0 unspecified atom stereocenters. The summed E-state index contributed by atoms with van der Waals surface area (Å²) >= 11 is 3.19. The number of amides is 2. The minimum absolute atomic E-state index is 0.185. The summed E-state index contributed by atoms with van der Waals surface area (Å²) in [5.41, 5.74) is 1.03. The number of hydrogen-bond acceptors (Lipinski definition) is 4. The number of carbonyl (C=O) groups excluding carboxylic acids is 2. The van der Waals surface area contributed by atoms with Crippen molar-refractivity contribution in [3.05, 3.63) is 52.3 Å². The first-order valence-corrected chi connectivity index (χ1v) is 9.25. The summed E-state index contributed by atoms with van der Waals surface area (Å²) in [6.45, 7) is 0.759. The predicted octanol–water partition coefficient (Wildman–Crippen LogP) is 2.99. The van der Waals surface area contributed by atoms with E-state index in [0.717, 1.165) is 5.56 Å². The lowest BCUT2D eigenvalue weighted by Crippen LogP contribution is -2.36. The van der Waals surface area contributed by atoms with Crippen LogP contribution in [0.2, 0.25) is 0 Å². The second-order valence-electron chi connectivity index (χ2n) is 6.33. The van der Waals surface area contributed by atoms with Crippen molar-refractivity contribution in [2.75, 3.05) is 18.2 Å². The van der Waals surface area contributed by atoms with E-state index in [2.05, 4.69) is 21.2 Å². The molecule has 0 aromatic heterocycles. The minimum Gasteiger partial charge on any atom is -0.454 e. The number of halogens is 2. The first-order chi connectivity index (χ1) is 13.0. The maximum Gasteiger partial charge on any atom is 0.239 e. The van der Waals surface area contributed by atoms with Crippen LogP contribution in [0.4, 0.5) is 10.1 Å². The maximum atomic E-state index is 14.1. The van der Waals surface area contributed by atoms with Crippen LogP contribution in [0, 0.1) is 11.7 Å². The molecule has 1 fully saturated rings. The number of benzene rings is 2. The average Bonchev–Trinajstić information content (AvgIpc) is 3.26. The Bertz CT molecular complexity index is 921. The molecule has 2 aliphatic heterocycles. The Labute approximate surface area is 163 Å². The third-order valence-electron chi connectivity index (χ3n) is 4.63. The van der Waals surface area contributed by atoms with Crippen LogP contribution < -0.4 is 19.7 Å². The van der Waals surface area contributed by atoms with Gasteiger partial charge in [0.2, 0.25) is 18.6 Å². The molecule has 2 aliphatic rings. The normalized spacial score (nSPS) is 18.1. The molecule has 2 heterocycles. The van der Waals surface area contributed by atoms with Gasteiger partial charge in [0.15, 0.2) is 11.5 Å². The van der Waals surface area contributed by atoms with Gasteiger partial charge in [-0.1, -0.05) is 22.0 Å². The number of ether oxygens (including phenoxy) is 2. The molecule has 0 spiro atoms. The number of hydrogen-bond donors (Lipinski definition) is 1. The largest absolute Gasteiger partial charge is 0.454 e. The lowest BCUT2D eigenvalue weighted by molar-refractivity contribution is -0.132. The van der Waals surface area contributed by atoms with E-state index >= 15 is 0 Å². The molecule has 2 aromatic carbocycles. The Morgan fingerprint density at radius 3 is 2.85 bits per heavy atom. The van der Waals surface area contributed by atoms with Gasteiger partial charge in [-0.2, -0.15) is 0 Å². The Balaban J connectivity index is 1.40.